The average molecular weight is 430 g/mol. The van der Waals surface area contributed by atoms with Gasteiger partial charge >= 0.3 is 0 Å². The minimum Gasteiger partial charge on any atom is -0.304 e. The number of rotatable bonds is 5. The number of amides is 1. The fourth-order valence-corrected chi connectivity index (χ4v) is 3.27. The maximum absolute atomic E-state index is 13.0. The summed E-state index contributed by atoms with van der Waals surface area (Å²) in [6, 6.07) is 14.4. The highest BCUT2D eigenvalue weighted by Gasteiger charge is 2.13. The topological polar surface area (TPSA) is 75.6 Å². The molecule has 0 saturated carbocycles. The summed E-state index contributed by atoms with van der Waals surface area (Å²) in [5, 5.41) is 14.9. The first-order chi connectivity index (χ1) is 14.0. The van der Waals surface area contributed by atoms with E-state index in [-0.39, 0.29) is 11.5 Å². The Balaban J connectivity index is 1.45. The first-order valence-electron chi connectivity index (χ1n) is 8.58. The standard InChI is InChI=1S/C20H14Cl2FN5O/c21-15-2-1-3-16(22)14(15)11-28-9-8-19(27-28)24-20(29)18-10-17(25-26-18)12-4-6-13(23)7-5-12/h1-10H,11H2,(H,25,26)(H,24,27,29). The molecule has 6 nitrogen and oxygen atoms in total. The summed E-state index contributed by atoms with van der Waals surface area (Å²) in [4.78, 5) is 12.5. The molecular formula is C20H14Cl2FN5O. The molecule has 0 saturated heterocycles. The predicted octanol–water partition coefficient (Wildman–Crippen LogP) is 5.02. The van der Waals surface area contributed by atoms with Crippen LogP contribution in [0.2, 0.25) is 10.0 Å². The van der Waals surface area contributed by atoms with E-state index in [0.29, 0.717) is 33.7 Å². The van der Waals surface area contributed by atoms with Crippen molar-refractivity contribution in [1.82, 2.24) is 20.0 Å². The monoisotopic (exact) mass is 429 g/mol. The molecule has 0 radical (unpaired) electrons. The third-order valence-corrected chi connectivity index (χ3v) is 4.93. The normalized spacial score (nSPS) is 10.9. The van der Waals surface area contributed by atoms with E-state index < -0.39 is 5.91 Å². The van der Waals surface area contributed by atoms with Gasteiger partial charge in [-0.25, -0.2) is 4.39 Å². The van der Waals surface area contributed by atoms with Crippen molar-refractivity contribution in [3.05, 3.63) is 87.9 Å². The molecule has 146 valence electrons. The Morgan fingerprint density at radius 3 is 2.55 bits per heavy atom. The third-order valence-electron chi connectivity index (χ3n) is 4.23. The Labute approximate surface area is 175 Å². The first kappa shape index (κ1) is 19.2. The van der Waals surface area contributed by atoms with E-state index >= 15 is 0 Å². The molecule has 1 amide bonds. The van der Waals surface area contributed by atoms with Crippen molar-refractivity contribution >= 4 is 34.9 Å². The highest BCUT2D eigenvalue weighted by molar-refractivity contribution is 6.35. The number of anilines is 1. The molecule has 0 aliphatic carbocycles. The second-order valence-corrected chi connectivity index (χ2v) is 7.04. The van der Waals surface area contributed by atoms with Gasteiger partial charge in [-0.3, -0.25) is 14.6 Å². The molecule has 0 spiro atoms. The molecule has 0 aliphatic heterocycles. The van der Waals surface area contributed by atoms with Crippen LogP contribution in [0.5, 0.6) is 0 Å². The molecule has 0 aliphatic rings. The molecule has 0 atom stereocenters. The van der Waals surface area contributed by atoms with Gasteiger partial charge in [-0.15, -0.1) is 0 Å². The van der Waals surface area contributed by atoms with Crippen molar-refractivity contribution in [1.29, 1.82) is 0 Å². The van der Waals surface area contributed by atoms with Crippen molar-refractivity contribution in [2.45, 2.75) is 6.54 Å². The maximum Gasteiger partial charge on any atom is 0.274 e. The van der Waals surface area contributed by atoms with Gasteiger partial charge in [-0.1, -0.05) is 29.3 Å². The number of carbonyl (C=O) groups is 1. The van der Waals surface area contributed by atoms with Gasteiger partial charge < -0.3 is 5.32 Å². The van der Waals surface area contributed by atoms with Crippen LogP contribution < -0.4 is 5.32 Å². The fraction of sp³-hybridized carbons (Fsp3) is 0.0500. The Morgan fingerprint density at radius 1 is 1.10 bits per heavy atom. The van der Waals surface area contributed by atoms with Crippen molar-refractivity contribution in [2.75, 3.05) is 5.32 Å². The minimum atomic E-state index is -0.396. The predicted molar refractivity (Wildman–Crippen MR) is 110 cm³/mol. The van der Waals surface area contributed by atoms with Gasteiger partial charge in [0, 0.05) is 33.4 Å². The van der Waals surface area contributed by atoms with Crippen LogP contribution in [0.25, 0.3) is 11.3 Å². The molecule has 0 fully saturated rings. The minimum absolute atomic E-state index is 0.257. The number of H-pyrrole nitrogens is 1. The number of nitrogens with zero attached hydrogens (tertiary/aromatic N) is 3. The number of hydrogen-bond acceptors (Lipinski definition) is 3. The van der Waals surface area contributed by atoms with E-state index in [0.717, 1.165) is 5.56 Å². The molecule has 2 aromatic heterocycles. The Kier molecular flexibility index (Phi) is 5.33. The summed E-state index contributed by atoms with van der Waals surface area (Å²) < 4.78 is 14.7. The number of hydrogen-bond donors (Lipinski definition) is 2. The molecule has 29 heavy (non-hydrogen) atoms. The highest BCUT2D eigenvalue weighted by atomic mass is 35.5. The van der Waals surface area contributed by atoms with E-state index in [1.165, 1.54) is 12.1 Å². The van der Waals surface area contributed by atoms with Crippen LogP contribution in [0.1, 0.15) is 16.1 Å². The van der Waals surface area contributed by atoms with Crippen molar-refractivity contribution in [2.24, 2.45) is 0 Å². The first-order valence-corrected chi connectivity index (χ1v) is 9.34. The van der Waals surface area contributed by atoms with Crippen LogP contribution in [0.4, 0.5) is 10.2 Å². The SMILES string of the molecule is O=C(Nc1ccn(Cc2c(Cl)cccc2Cl)n1)c1cc(-c2ccc(F)cc2)n[nH]1. The summed E-state index contributed by atoms with van der Waals surface area (Å²) in [6.07, 6.45) is 1.71. The highest BCUT2D eigenvalue weighted by Crippen LogP contribution is 2.25. The van der Waals surface area contributed by atoms with Gasteiger partial charge in [0.15, 0.2) is 5.82 Å². The largest absolute Gasteiger partial charge is 0.304 e. The fourth-order valence-electron chi connectivity index (χ4n) is 2.75. The molecule has 9 heteroatoms. The Hall–Kier alpha value is -3.16. The van der Waals surface area contributed by atoms with Gasteiger partial charge in [0.25, 0.3) is 5.91 Å². The zero-order valence-corrected chi connectivity index (χ0v) is 16.4. The van der Waals surface area contributed by atoms with Crippen LogP contribution in [0, 0.1) is 5.82 Å². The van der Waals surface area contributed by atoms with Gasteiger partial charge in [-0.2, -0.15) is 10.2 Å². The lowest BCUT2D eigenvalue weighted by molar-refractivity contribution is 0.102. The number of aromatic amines is 1. The molecule has 2 heterocycles. The summed E-state index contributed by atoms with van der Waals surface area (Å²) >= 11 is 12.4. The lowest BCUT2D eigenvalue weighted by Crippen LogP contribution is -2.13. The van der Waals surface area contributed by atoms with Crippen LogP contribution in [0.3, 0.4) is 0 Å². The van der Waals surface area contributed by atoms with E-state index in [1.807, 2.05) is 0 Å². The van der Waals surface area contributed by atoms with Crippen LogP contribution >= 0.6 is 23.2 Å². The number of aromatic nitrogens is 4. The number of halogens is 3. The molecule has 2 aromatic carbocycles. The molecular weight excluding hydrogens is 416 g/mol. The van der Waals surface area contributed by atoms with Crippen LogP contribution in [-0.2, 0) is 6.54 Å². The maximum atomic E-state index is 13.0. The molecule has 2 N–H and O–H groups in total. The van der Waals surface area contributed by atoms with Crippen LogP contribution in [0.15, 0.2) is 60.8 Å². The number of carbonyl (C=O) groups excluding carboxylic acids is 1. The van der Waals surface area contributed by atoms with E-state index in [4.69, 9.17) is 23.2 Å². The summed E-state index contributed by atoms with van der Waals surface area (Å²) in [6.45, 7) is 0.368. The second-order valence-electron chi connectivity index (χ2n) is 6.23. The number of benzene rings is 2. The lowest BCUT2D eigenvalue weighted by Gasteiger charge is -2.06. The lowest BCUT2D eigenvalue weighted by atomic mass is 10.1. The summed E-state index contributed by atoms with van der Waals surface area (Å²) in [7, 11) is 0. The van der Waals surface area contributed by atoms with Gasteiger partial charge in [-0.05, 0) is 42.5 Å². The summed E-state index contributed by atoms with van der Waals surface area (Å²) in [5.41, 5.74) is 2.24. The van der Waals surface area contributed by atoms with Crippen molar-refractivity contribution < 1.29 is 9.18 Å². The molecule has 4 rings (SSSR count). The number of nitrogens with one attached hydrogen (secondary N) is 2. The second kappa shape index (κ2) is 8.06. The van der Waals surface area contributed by atoms with Gasteiger partial charge in [0.1, 0.15) is 11.5 Å². The van der Waals surface area contributed by atoms with Crippen molar-refractivity contribution in [3.8, 4) is 11.3 Å². The summed E-state index contributed by atoms with van der Waals surface area (Å²) in [5.74, 6) is -0.362. The molecule has 4 aromatic rings. The average Bonchev–Trinajstić information content (AvgIpc) is 3.35. The van der Waals surface area contributed by atoms with E-state index in [2.05, 4.69) is 20.6 Å². The van der Waals surface area contributed by atoms with Crippen molar-refractivity contribution in [3.63, 3.8) is 0 Å². The van der Waals surface area contributed by atoms with E-state index in [9.17, 15) is 9.18 Å². The Morgan fingerprint density at radius 2 is 1.83 bits per heavy atom. The van der Waals surface area contributed by atoms with Gasteiger partial charge in [0.05, 0.1) is 12.2 Å². The molecule has 0 bridgehead atoms. The van der Waals surface area contributed by atoms with E-state index in [1.54, 1.807) is 53.3 Å². The zero-order chi connectivity index (χ0) is 20.4. The smallest absolute Gasteiger partial charge is 0.274 e. The molecule has 0 unspecified atom stereocenters. The zero-order valence-electron chi connectivity index (χ0n) is 14.9. The van der Waals surface area contributed by atoms with Gasteiger partial charge in [0.2, 0.25) is 0 Å². The third kappa shape index (κ3) is 4.31. The van der Waals surface area contributed by atoms with Crippen LogP contribution in [-0.4, -0.2) is 25.9 Å². The Bertz CT molecular complexity index is 1150. The quantitative estimate of drug-likeness (QED) is 0.467.